The largest absolute Gasteiger partial charge is 0.488 e. The van der Waals surface area contributed by atoms with E-state index in [1.54, 1.807) is 6.07 Å². The normalized spacial score (nSPS) is 10.9. The summed E-state index contributed by atoms with van der Waals surface area (Å²) in [6.07, 6.45) is 3.94. The molecule has 0 saturated heterocycles. The fourth-order valence-corrected chi connectivity index (χ4v) is 2.72. The van der Waals surface area contributed by atoms with Crippen LogP contribution in [0.2, 0.25) is 0 Å². The number of allylic oxidation sites excluding steroid dienone is 1. The molecule has 0 bridgehead atoms. The van der Waals surface area contributed by atoms with Crippen LogP contribution in [0, 0.1) is 6.92 Å². The lowest BCUT2D eigenvalue weighted by molar-refractivity contribution is 0.0702. The van der Waals surface area contributed by atoms with E-state index in [4.69, 9.17) is 9.84 Å². The van der Waals surface area contributed by atoms with Crippen LogP contribution in [-0.4, -0.2) is 11.1 Å². The standard InChI is InChI=1S/C16H16O3S/c1-3-6-12-7-4-5-8-14(12)19-10-13-9-15(16(17)18)20-11(13)2/h3-9H,10H2,1-2H3,(H,17,18)/b6-3+. The highest BCUT2D eigenvalue weighted by Crippen LogP contribution is 2.25. The van der Waals surface area contributed by atoms with Crippen LogP contribution in [0.5, 0.6) is 5.75 Å². The van der Waals surface area contributed by atoms with Gasteiger partial charge >= 0.3 is 5.97 Å². The van der Waals surface area contributed by atoms with E-state index < -0.39 is 5.97 Å². The molecule has 0 radical (unpaired) electrons. The van der Waals surface area contributed by atoms with E-state index in [9.17, 15) is 4.79 Å². The third-order valence-corrected chi connectivity index (χ3v) is 3.96. The van der Waals surface area contributed by atoms with Gasteiger partial charge in [0.2, 0.25) is 0 Å². The summed E-state index contributed by atoms with van der Waals surface area (Å²) in [4.78, 5) is 12.3. The topological polar surface area (TPSA) is 46.5 Å². The lowest BCUT2D eigenvalue weighted by Crippen LogP contribution is -1.97. The van der Waals surface area contributed by atoms with Gasteiger partial charge in [0.15, 0.2) is 0 Å². The van der Waals surface area contributed by atoms with E-state index in [2.05, 4.69) is 0 Å². The van der Waals surface area contributed by atoms with Crippen LogP contribution in [0.25, 0.3) is 6.08 Å². The van der Waals surface area contributed by atoms with Crippen molar-refractivity contribution < 1.29 is 14.6 Å². The van der Waals surface area contributed by atoms with Crippen molar-refractivity contribution in [2.75, 3.05) is 0 Å². The quantitative estimate of drug-likeness (QED) is 0.888. The first-order valence-corrected chi connectivity index (χ1v) is 7.10. The van der Waals surface area contributed by atoms with E-state index >= 15 is 0 Å². The van der Waals surface area contributed by atoms with Crippen LogP contribution in [0.1, 0.15) is 32.6 Å². The molecule has 20 heavy (non-hydrogen) atoms. The average Bonchev–Trinajstić information content (AvgIpc) is 2.80. The van der Waals surface area contributed by atoms with Crippen molar-refractivity contribution in [3.8, 4) is 5.75 Å². The molecule has 0 fully saturated rings. The van der Waals surface area contributed by atoms with Gasteiger partial charge in [0.25, 0.3) is 0 Å². The third-order valence-electron chi connectivity index (χ3n) is 2.88. The van der Waals surface area contributed by atoms with Crippen molar-refractivity contribution in [3.63, 3.8) is 0 Å². The molecule has 1 aromatic carbocycles. The minimum absolute atomic E-state index is 0.350. The number of aromatic carboxylic acids is 1. The summed E-state index contributed by atoms with van der Waals surface area (Å²) < 4.78 is 5.81. The Morgan fingerprint density at radius 1 is 1.40 bits per heavy atom. The van der Waals surface area contributed by atoms with Crippen LogP contribution in [0.4, 0.5) is 0 Å². The van der Waals surface area contributed by atoms with Crippen molar-refractivity contribution >= 4 is 23.4 Å². The number of benzene rings is 1. The fraction of sp³-hybridized carbons (Fsp3) is 0.188. The van der Waals surface area contributed by atoms with Crippen molar-refractivity contribution in [1.82, 2.24) is 0 Å². The Morgan fingerprint density at radius 2 is 2.15 bits per heavy atom. The van der Waals surface area contributed by atoms with Crippen LogP contribution >= 0.6 is 11.3 Å². The number of thiophene rings is 1. The molecule has 3 nitrogen and oxygen atoms in total. The summed E-state index contributed by atoms with van der Waals surface area (Å²) in [5.74, 6) is -0.0910. The smallest absolute Gasteiger partial charge is 0.345 e. The van der Waals surface area contributed by atoms with Gasteiger partial charge in [-0.05, 0) is 26.0 Å². The van der Waals surface area contributed by atoms with Gasteiger partial charge in [0.05, 0.1) is 0 Å². The molecule has 1 heterocycles. The molecule has 0 spiro atoms. The zero-order chi connectivity index (χ0) is 14.5. The number of hydrogen-bond donors (Lipinski definition) is 1. The Bertz CT molecular complexity index is 641. The Morgan fingerprint density at radius 3 is 2.80 bits per heavy atom. The van der Waals surface area contributed by atoms with Crippen molar-refractivity contribution in [1.29, 1.82) is 0 Å². The van der Waals surface area contributed by atoms with Crippen LogP contribution in [0.3, 0.4) is 0 Å². The molecule has 4 heteroatoms. The fourth-order valence-electron chi connectivity index (χ4n) is 1.85. The summed E-state index contributed by atoms with van der Waals surface area (Å²) in [5, 5.41) is 8.98. The molecular weight excluding hydrogens is 272 g/mol. The Labute approximate surface area is 122 Å². The number of ether oxygens (including phenoxy) is 1. The average molecular weight is 288 g/mol. The molecule has 104 valence electrons. The van der Waals surface area contributed by atoms with E-state index in [1.807, 2.05) is 50.3 Å². The highest BCUT2D eigenvalue weighted by molar-refractivity contribution is 7.14. The molecule has 1 aromatic heterocycles. The predicted octanol–water partition coefficient (Wildman–Crippen LogP) is 4.37. The molecular formula is C16H16O3S. The number of carboxylic acids is 1. The molecule has 2 aromatic rings. The van der Waals surface area contributed by atoms with Gasteiger partial charge in [-0.1, -0.05) is 30.4 Å². The lowest BCUT2D eigenvalue weighted by atomic mass is 10.2. The van der Waals surface area contributed by atoms with Gasteiger partial charge in [-0.15, -0.1) is 11.3 Å². The predicted molar refractivity (Wildman–Crippen MR) is 81.5 cm³/mol. The Hall–Kier alpha value is -2.07. The van der Waals surface area contributed by atoms with Crippen molar-refractivity contribution in [3.05, 3.63) is 57.3 Å². The van der Waals surface area contributed by atoms with E-state index in [0.29, 0.717) is 11.5 Å². The van der Waals surface area contributed by atoms with E-state index in [-0.39, 0.29) is 0 Å². The number of carbonyl (C=O) groups is 1. The molecule has 0 unspecified atom stereocenters. The third kappa shape index (κ3) is 3.27. The molecule has 0 aliphatic rings. The number of carboxylic acid groups (broad SMARTS) is 1. The minimum atomic E-state index is -0.890. The number of para-hydroxylation sites is 1. The zero-order valence-corrected chi connectivity index (χ0v) is 12.2. The van der Waals surface area contributed by atoms with Crippen molar-refractivity contribution in [2.45, 2.75) is 20.5 Å². The summed E-state index contributed by atoms with van der Waals surface area (Å²) in [7, 11) is 0. The first kappa shape index (κ1) is 14.3. The van der Waals surface area contributed by atoms with Crippen LogP contribution < -0.4 is 4.74 Å². The highest BCUT2D eigenvalue weighted by Gasteiger charge is 2.11. The van der Waals surface area contributed by atoms with Gasteiger partial charge in [-0.25, -0.2) is 4.79 Å². The van der Waals surface area contributed by atoms with Crippen molar-refractivity contribution in [2.24, 2.45) is 0 Å². The van der Waals surface area contributed by atoms with Crippen LogP contribution in [0.15, 0.2) is 36.4 Å². The maximum absolute atomic E-state index is 10.9. The lowest BCUT2D eigenvalue weighted by Gasteiger charge is -2.08. The molecule has 0 aliphatic heterocycles. The molecule has 0 aliphatic carbocycles. The summed E-state index contributed by atoms with van der Waals surface area (Å²) in [6.45, 7) is 4.25. The second-order valence-corrected chi connectivity index (χ2v) is 5.58. The zero-order valence-electron chi connectivity index (χ0n) is 11.4. The minimum Gasteiger partial charge on any atom is -0.488 e. The number of hydrogen-bond acceptors (Lipinski definition) is 3. The van der Waals surface area contributed by atoms with Gasteiger partial charge < -0.3 is 9.84 Å². The molecule has 0 atom stereocenters. The first-order chi connectivity index (χ1) is 9.61. The molecule has 1 N–H and O–H groups in total. The molecule has 2 rings (SSSR count). The maximum atomic E-state index is 10.9. The second-order valence-electron chi connectivity index (χ2n) is 4.32. The molecule has 0 amide bonds. The highest BCUT2D eigenvalue weighted by atomic mass is 32.1. The van der Waals surface area contributed by atoms with Gasteiger partial charge in [-0.2, -0.15) is 0 Å². The monoisotopic (exact) mass is 288 g/mol. The van der Waals surface area contributed by atoms with E-state index in [0.717, 1.165) is 21.8 Å². The van der Waals surface area contributed by atoms with Crippen LogP contribution in [-0.2, 0) is 6.61 Å². The number of rotatable bonds is 5. The number of aryl methyl sites for hydroxylation is 1. The second kappa shape index (κ2) is 6.39. The van der Waals surface area contributed by atoms with Gasteiger partial charge in [0, 0.05) is 16.0 Å². The first-order valence-electron chi connectivity index (χ1n) is 6.29. The summed E-state index contributed by atoms with van der Waals surface area (Å²) >= 11 is 1.28. The Balaban J connectivity index is 2.15. The maximum Gasteiger partial charge on any atom is 0.345 e. The SMILES string of the molecule is C/C=C/c1ccccc1OCc1cc(C(=O)O)sc1C. The molecule has 0 saturated carbocycles. The summed E-state index contributed by atoms with van der Waals surface area (Å²) in [5.41, 5.74) is 1.93. The Kier molecular flexibility index (Phi) is 4.58. The summed E-state index contributed by atoms with van der Waals surface area (Å²) in [6, 6.07) is 9.46. The van der Waals surface area contributed by atoms with E-state index in [1.165, 1.54) is 11.3 Å². The van der Waals surface area contributed by atoms with Gasteiger partial charge in [-0.3, -0.25) is 0 Å². The van der Waals surface area contributed by atoms with Gasteiger partial charge in [0.1, 0.15) is 17.2 Å².